The van der Waals surface area contributed by atoms with Crippen molar-refractivity contribution in [2.45, 2.75) is 6.04 Å². The number of guanidine groups is 1. The second-order valence-electron chi connectivity index (χ2n) is 2.77. The van der Waals surface area contributed by atoms with Gasteiger partial charge in [-0.2, -0.15) is 0 Å². The van der Waals surface area contributed by atoms with Gasteiger partial charge in [0.15, 0.2) is 5.96 Å². The highest BCUT2D eigenvalue weighted by atomic mass is 19.1. The molecule has 0 amide bonds. The quantitative estimate of drug-likeness (QED) is 0.475. The maximum absolute atomic E-state index is 13.2. The van der Waals surface area contributed by atoms with E-state index in [9.17, 15) is 4.39 Å². The van der Waals surface area contributed by atoms with Gasteiger partial charge in [0.05, 0.1) is 6.61 Å². The number of nitrogens with two attached hydrogens (primary N) is 2. The van der Waals surface area contributed by atoms with Gasteiger partial charge in [0, 0.05) is 5.56 Å². The first-order chi connectivity index (χ1) is 6.65. The van der Waals surface area contributed by atoms with Crippen LogP contribution < -0.4 is 11.5 Å². The Morgan fingerprint density at radius 2 is 2.07 bits per heavy atom. The van der Waals surface area contributed by atoms with Crippen LogP contribution in [0.1, 0.15) is 11.6 Å². The predicted molar refractivity (Wildman–Crippen MR) is 52.0 cm³/mol. The van der Waals surface area contributed by atoms with Crippen molar-refractivity contribution in [1.29, 1.82) is 0 Å². The van der Waals surface area contributed by atoms with Gasteiger partial charge in [0.1, 0.15) is 11.9 Å². The van der Waals surface area contributed by atoms with Crippen molar-refractivity contribution in [1.82, 2.24) is 0 Å². The van der Waals surface area contributed by atoms with E-state index in [2.05, 4.69) is 4.99 Å². The molecule has 0 saturated carbocycles. The largest absolute Gasteiger partial charge is 0.394 e. The highest BCUT2D eigenvalue weighted by Gasteiger charge is 2.12. The lowest BCUT2D eigenvalue weighted by Crippen LogP contribution is -2.24. The van der Waals surface area contributed by atoms with Crippen molar-refractivity contribution in [2.24, 2.45) is 16.5 Å². The molecule has 0 aliphatic carbocycles. The van der Waals surface area contributed by atoms with E-state index in [1.54, 1.807) is 12.1 Å². The van der Waals surface area contributed by atoms with Crippen molar-refractivity contribution in [2.75, 3.05) is 6.61 Å². The molecular formula is C9H12FN3O. The Hall–Kier alpha value is -1.62. The first-order valence-electron chi connectivity index (χ1n) is 4.09. The molecule has 0 fully saturated rings. The van der Waals surface area contributed by atoms with Gasteiger partial charge in [-0.15, -0.1) is 0 Å². The molecule has 0 aliphatic rings. The van der Waals surface area contributed by atoms with Crippen LogP contribution in [0.4, 0.5) is 4.39 Å². The zero-order chi connectivity index (χ0) is 10.6. The molecule has 0 saturated heterocycles. The number of aliphatic hydroxyl groups is 1. The van der Waals surface area contributed by atoms with Crippen molar-refractivity contribution in [3.8, 4) is 0 Å². The molecule has 14 heavy (non-hydrogen) atoms. The monoisotopic (exact) mass is 197 g/mol. The SMILES string of the molecule is NC(N)=N[C@@H](CO)c1ccccc1F. The number of hydrogen-bond acceptors (Lipinski definition) is 2. The van der Waals surface area contributed by atoms with Crippen LogP contribution in [0.5, 0.6) is 0 Å². The van der Waals surface area contributed by atoms with Crippen LogP contribution in [-0.4, -0.2) is 17.7 Å². The lowest BCUT2D eigenvalue weighted by Gasteiger charge is -2.10. The summed E-state index contributed by atoms with van der Waals surface area (Å²) in [4.78, 5) is 3.71. The summed E-state index contributed by atoms with van der Waals surface area (Å²) < 4.78 is 13.2. The van der Waals surface area contributed by atoms with Gasteiger partial charge in [-0.3, -0.25) is 0 Å². The molecule has 0 aromatic heterocycles. The van der Waals surface area contributed by atoms with Gasteiger partial charge in [0.25, 0.3) is 0 Å². The molecule has 0 radical (unpaired) electrons. The lowest BCUT2D eigenvalue weighted by molar-refractivity contribution is 0.266. The number of halogens is 1. The van der Waals surface area contributed by atoms with E-state index in [1.807, 2.05) is 0 Å². The van der Waals surface area contributed by atoms with Crippen LogP contribution in [0.15, 0.2) is 29.3 Å². The Kier molecular flexibility index (Phi) is 3.41. The fourth-order valence-electron chi connectivity index (χ4n) is 1.13. The summed E-state index contributed by atoms with van der Waals surface area (Å²) in [5.41, 5.74) is 10.6. The van der Waals surface area contributed by atoms with E-state index in [0.29, 0.717) is 0 Å². The summed E-state index contributed by atoms with van der Waals surface area (Å²) in [6.45, 7) is -0.334. The summed E-state index contributed by atoms with van der Waals surface area (Å²) in [5.74, 6) is -0.608. The second-order valence-corrected chi connectivity index (χ2v) is 2.77. The van der Waals surface area contributed by atoms with Gasteiger partial charge < -0.3 is 16.6 Å². The number of hydrogen-bond donors (Lipinski definition) is 3. The maximum atomic E-state index is 13.2. The molecule has 1 aromatic carbocycles. The van der Waals surface area contributed by atoms with Crippen molar-refractivity contribution in [3.05, 3.63) is 35.6 Å². The van der Waals surface area contributed by atoms with Crippen LogP contribution in [0.25, 0.3) is 0 Å². The van der Waals surface area contributed by atoms with E-state index in [1.165, 1.54) is 12.1 Å². The minimum absolute atomic E-state index is 0.174. The first-order valence-corrected chi connectivity index (χ1v) is 4.09. The summed E-state index contributed by atoms with van der Waals surface area (Å²) in [5, 5.41) is 8.97. The zero-order valence-electron chi connectivity index (χ0n) is 7.52. The van der Waals surface area contributed by atoms with Gasteiger partial charge in [-0.1, -0.05) is 18.2 Å². The average Bonchev–Trinajstić information content (AvgIpc) is 2.15. The molecule has 0 heterocycles. The van der Waals surface area contributed by atoms with Crippen molar-refractivity contribution < 1.29 is 9.50 Å². The number of aliphatic imine (C=N–C) groups is 1. The third-order valence-electron chi connectivity index (χ3n) is 1.74. The summed E-state index contributed by atoms with van der Waals surface area (Å²) in [7, 11) is 0. The molecule has 5 N–H and O–H groups in total. The van der Waals surface area contributed by atoms with Gasteiger partial charge in [-0.25, -0.2) is 9.38 Å². The lowest BCUT2D eigenvalue weighted by atomic mass is 10.1. The second kappa shape index (κ2) is 4.57. The van der Waals surface area contributed by atoms with Gasteiger partial charge >= 0.3 is 0 Å². The molecule has 0 aliphatic heterocycles. The molecule has 1 atom stereocenters. The molecule has 0 bridgehead atoms. The molecule has 0 unspecified atom stereocenters. The third kappa shape index (κ3) is 2.43. The Bertz CT molecular complexity index is 337. The van der Waals surface area contributed by atoms with E-state index in [4.69, 9.17) is 16.6 Å². The molecule has 1 rings (SSSR count). The van der Waals surface area contributed by atoms with Crippen LogP contribution in [0, 0.1) is 5.82 Å². The molecule has 76 valence electrons. The van der Waals surface area contributed by atoms with E-state index < -0.39 is 11.9 Å². The fourth-order valence-corrected chi connectivity index (χ4v) is 1.13. The van der Waals surface area contributed by atoms with E-state index >= 15 is 0 Å². The molecule has 4 nitrogen and oxygen atoms in total. The number of aliphatic hydroxyl groups excluding tert-OH is 1. The van der Waals surface area contributed by atoms with Crippen LogP contribution in [0.2, 0.25) is 0 Å². The number of benzene rings is 1. The minimum Gasteiger partial charge on any atom is -0.394 e. The molecule has 1 aromatic rings. The highest BCUT2D eigenvalue weighted by molar-refractivity contribution is 5.76. The molecule has 0 spiro atoms. The number of nitrogens with zero attached hydrogens (tertiary/aromatic N) is 1. The van der Waals surface area contributed by atoms with Crippen molar-refractivity contribution >= 4 is 5.96 Å². The Labute approximate surface area is 81.1 Å². The Balaban J connectivity index is 3.01. The standard InChI is InChI=1S/C9H12FN3O/c10-7-4-2-1-3-6(7)8(5-14)13-9(11)12/h1-4,8,14H,5H2,(H4,11,12,13)/t8-/m0/s1. The highest BCUT2D eigenvalue weighted by Crippen LogP contribution is 2.19. The van der Waals surface area contributed by atoms with Gasteiger partial charge in [0.2, 0.25) is 0 Å². The first kappa shape index (κ1) is 10.5. The maximum Gasteiger partial charge on any atom is 0.186 e. The number of rotatable bonds is 3. The Morgan fingerprint density at radius 1 is 1.43 bits per heavy atom. The van der Waals surface area contributed by atoms with Crippen LogP contribution >= 0.6 is 0 Å². The van der Waals surface area contributed by atoms with Crippen LogP contribution in [0.3, 0.4) is 0 Å². The summed E-state index contributed by atoms with van der Waals surface area (Å²) >= 11 is 0. The summed E-state index contributed by atoms with van der Waals surface area (Å²) in [6, 6.07) is 5.30. The summed E-state index contributed by atoms with van der Waals surface area (Å²) in [6.07, 6.45) is 0. The Morgan fingerprint density at radius 3 is 2.57 bits per heavy atom. The van der Waals surface area contributed by atoms with Gasteiger partial charge in [-0.05, 0) is 6.07 Å². The van der Waals surface area contributed by atoms with E-state index in [0.717, 1.165) is 0 Å². The molecule has 5 heteroatoms. The van der Waals surface area contributed by atoms with Crippen LogP contribution in [-0.2, 0) is 0 Å². The van der Waals surface area contributed by atoms with E-state index in [-0.39, 0.29) is 18.1 Å². The fraction of sp³-hybridized carbons (Fsp3) is 0.222. The average molecular weight is 197 g/mol. The third-order valence-corrected chi connectivity index (χ3v) is 1.74. The predicted octanol–water partition coefficient (Wildman–Crippen LogP) is 0.133. The molecular weight excluding hydrogens is 185 g/mol. The smallest absolute Gasteiger partial charge is 0.186 e. The van der Waals surface area contributed by atoms with Crippen molar-refractivity contribution in [3.63, 3.8) is 0 Å². The zero-order valence-corrected chi connectivity index (χ0v) is 7.52. The topological polar surface area (TPSA) is 84.6 Å². The minimum atomic E-state index is -0.735. The normalized spacial score (nSPS) is 12.1.